The van der Waals surface area contributed by atoms with Crippen LogP contribution >= 0.6 is 11.6 Å². The third-order valence-corrected chi connectivity index (χ3v) is 1.71. The summed E-state index contributed by atoms with van der Waals surface area (Å²) in [6, 6.07) is 5.30. The number of rotatable bonds is 4. The molecule has 1 aromatic rings. The van der Waals surface area contributed by atoms with E-state index in [1.807, 2.05) is 6.07 Å². The second kappa shape index (κ2) is 4.90. The van der Waals surface area contributed by atoms with Crippen LogP contribution in [-0.2, 0) is 0 Å². The third-order valence-electron chi connectivity index (χ3n) is 1.49. The van der Waals surface area contributed by atoms with Crippen LogP contribution in [0.15, 0.2) is 24.8 Å². The molecule has 0 aliphatic heterocycles. The molecule has 0 fully saturated rings. The van der Waals surface area contributed by atoms with E-state index in [1.165, 1.54) is 0 Å². The van der Waals surface area contributed by atoms with E-state index in [1.54, 1.807) is 18.2 Å². The Bertz CT molecular complexity index is 297. The molecular weight excluding hydrogens is 188 g/mol. The summed E-state index contributed by atoms with van der Waals surface area (Å²) in [6.45, 7) is 3.90. The van der Waals surface area contributed by atoms with Crippen LogP contribution in [0.1, 0.15) is 5.56 Å². The van der Waals surface area contributed by atoms with Crippen LogP contribution in [-0.4, -0.2) is 18.3 Å². The minimum Gasteiger partial charge on any atom is -0.491 e. The number of aliphatic hydroxyl groups is 1. The molecule has 0 amide bonds. The molecule has 0 heterocycles. The van der Waals surface area contributed by atoms with Crippen molar-refractivity contribution in [2.45, 2.75) is 0 Å². The first-order valence-corrected chi connectivity index (χ1v) is 4.30. The number of benzene rings is 1. The number of ether oxygens (including phenoxy) is 1. The second-order valence-electron chi connectivity index (χ2n) is 2.50. The van der Waals surface area contributed by atoms with Gasteiger partial charge in [0, 0.05) is 5.02 Å². The van der Waals surface area contributed by atoms with Gasteiger partial charge in [-0.05, 0) is 23.8 Å². The minimum atomic E-state index is -0.00403. The molecule has 0 unspecified atom stereocenters. The predicted molar refractivity (Wildman–Crippen MR) is 54.1 cm³/mol. The summed E-state index contributed by atoms with van der Waals surface area (Å²) in [4.78, 5) is 0. The fourth-order valence-electron chi connectivity index (χ4n) is 0.949. The van der Waals surface area contributed by atoms with Crippen molar-refractivity contribution in [3.05, 3.63) is 35.4 Å². The molecule has 0 spiro atoms. The fourth-order valence-corrected chi connectivity index (χ4v) is 1.18. The lowest BCUT2D eigenvalue weighted by Crippen LogP contribution is -2.01. The highest BCUT2D eigenvalue weighted by Gasteiger charge is 1.97. The van der Waals surface area contributed by atoms with Gasteiger partial charge in [0.25, 0.3) is 0 Å². The van der Waals surface area contributed by atoms with Crippen molar-refractivity contribution in [3.8, 4) is 5.75 Å². The molecule has 0 aromatic heterocycles. The lowest BCUT2D eigenvalue weighted by atomic mass is 10.2. The van der Waals surface area contributed by atoms with Crippen molar-refractivity contribution in [2.24, 2.45) is 0 Å². The van der Waals surface area contributed by atoms with Gasteiger partial charge < -0.3 is 9.84 Å². The largest absolute Gasteiger partial charge is 0.491 e. The highest BCUT2D eigenvalue weighted by atomic mass is 35.5. The van der Waals surface area contributed by atoms with Crippen LogP contribution in [0.4, 0.5) is 0 Å². The van der Waals surface area contributed by atoms with Gasteiger partial charge >= 0.3 is 0 Å². The highest BCUT2D eigenvalue weighted by molar-refractivity contribution is 6.30. The van der Waals surface area contributed by atoms with Gasteiger partial charge in [-0.2, -0.15) is 0 Å². The summed E-state index contributed by atoms with van der Waals surface area (Å²) in [5.41, 5.74) is 0.903. The lowest BCUT2D eigenvalue weighted by molar-refractivity contribution is 0.201. The average Bonchev–Trinajstić information content (AvgIpc) is 2.14. The van der Waals surface area contributed by atoms with E-state index in [-0.39, 0.29) is 13.2 Å². The summed E-state index contributed by atoms with van der Waals surface area (Å²) >= 11 is 5.82. The molecule has 13 heavy (non-hydrogen) atoms. The van der Waals surface area contributed by atoms with Gasteiger partial charge in [-0.25, -0.2) is 0 Å². The van der Waals surface area contributed by atoms with Crippen molar-refractivity contribution in [2.75, 3.05) is 13.2 Å². The van der Waals surface area contributed by atoms with Crippen molar-refractivity contribution >= 4 is 17.7 Å². The van der Waals surface area contributed by atoms with Gasteiger partial charge in [0.2, 0.25) is 0 Å². The van der Waals surface area contributed by atoms with Crippen LogP contribution in [0.25, 0.3) is 6.08 Å². The van der Waals surface area contributed by atoms with Crippen molar-refractivity contribution in [1.82, 2.24) is 0 Å². The zero-order valence-corrected chi connectivity index (χ0v) is 7.92. The summed E-state index contributed by atoms with van der Waals surface area (Å²) < 4.78 is 5.20. The Hall–Kier alpha value is -0.990. The van der Waals surface area contributed by atoms with E-state index in [0.717, 1.165) is 5.56 Å². The summed E-state index contributed by atoms with van der Waals surface area (Å²) in [5.74, 6) is 0.649. The normalized spacial score (nSPS) is 9.69. The van der Waals surface area contributed by atoms with Gasteiger partial charge in [0.15, 0.2) is 0 Å². The van der Waals surface area contributed by atoms with E-state index in [0.29, 0.717) is 10.8 Å². The quantitative estimate of drug-likeness (QED) is 0.805. The summed E-state index contributed by atoms with van der Waals surface area (Å²) in [7, 11) is 0. The minimum absolute atomic E-state index is 0.00403. The average molecular weight is 199 g/mol. The molecule has 0 atom stereocenters. The van der Waals surface area contributed by atoms with E-state index >= 15 is 0 Å². The molecule has 0 aliphatic rings. The Balaban J connectivity index is 2.81. The first-order valence-electron chi connectivity index (χ1n) is 3.93. The third kappa shape index (κ3) is 3.09. The monoisotopic (exact) mass is 198 g/mol. The molecule has 1 aromatic carbocycles. The van der Waals surface area contributed by atoms with E-state index < -0.39 is 0 Å². The van der Waals surface area contributed by atoms with E-state index in [4.69, 9.17) is 21.4 Å². The zero-order valence-electron chi connectivity index (χ0n) is 7.16. The number of hydrogen-bond acceptors (Lipinski definition) is 2. The molecule has 1 rings (SSSR count). The fraction of sp³-hybridized carbons (Fsp3) is 0.200. The molecule has 0 aliphatic carbocycles. The van der Waals surface area contributed by atoms with Gasteiger partial charge in [0.05, 0.1) is 6.61 Å². The number of halogens is 1. The Morgan fingerprint density at radius 3 is 2.85 bits per heavy atom. The Morgan fingerprint density at radius 2 is 2.23 bits per heavy atom. The maximum absolute atomic E-state index is 8.55. The Kier molecular flexibility index (Phi) is 3.80. The van der Waals surface area contributed by atoms with Crippen molar-refractivity contribution < 1.29 is 9.84 Å². The smallest absolute Gasteiger partial charge is 0.121 e. The molecule has 2 nitrogen and oxygen atoms in total. The van der Waals surface area contributed by atoms with E-state index in [9.17, 15) is 0 Å². The Morgan fingerprint density at radius 1 is 1.46 bits per heavy atom. The van der Waals surface area contributed by atoms with Crippen LogP contribution < -0.4 is 4.74 Å². The number of hydrogen-bond donors (Lipinski definition) is 1. The van der Waals surface area contributed by atoms with Crippen LogP contribution in [0, 0.1) is 0 Å². The lowest BCUT2D eigenvalue weighted by Gasteiger charge is -2.05. The summed E-state index contributed by atoms with van der Waals surface area (Å²) in [6.07, 6.45) is 1.69. The van der Waals surface area contributed by atoms with Crippen LogP contribution in [0.2, 0.25) is 5.02 Å². The SMILES string of the molecule is C=Cc1cc(Cl)cc(OCCO)c1. The van der Waals surface area contributed by atoms with Gasteiger partial charge in [-0.3, -0.25) is 0 Å². The van der Waals surface area contributed by atoms with Crippen molar-refractivity contribution in [1.29, 1.82) is 0 Å². The first-order chi connectivity index (χ1) is 6.26. The molecular formula is C10H11ClO2. The molecule has 0 saturated heterocycles. The molecule has 0 saturated carbocycles. The first kappa shape index (κ1) is 10.1. The van der Waals surface area contributed by atoms with E-state index in [2.05, 4.69) is 6.58 Å². The number of aliphatic hydroxyl groups excluding tert-OH is 1. The Labute approximate surface area is 82.4 Å². The van der Waals surface area contributed by atoms with Gasteiger partial charge in [0.1, 0.15) is 12.4 Å². The topological polar surface area (TPSA) is 29.5 Å². The molecule has 0 bridgehead atoms. The second-order valence-corrected chi connectivity index (χ2v) is 2.93. The van der Waals surface area contributed by atoms with Gasteiger partial charge in [-0.1, -0.05) is 24.3 Å². The van der Waals surface area contributed by atoms with Crippen LogP contribution in [0.5, 0.6) is 5.75 Å². The van der Waals surface area contributed by atoms with Crippen LogP contribution in [0.3, 0.4) is 0 Å². The van der Waals surface area contributed by atoms with Crippen molar-refractivity contribution in [3.63, 3.8) is 0 Å². The predicted octanol–water partition coefficient (Wildman–Crippen LogP) is 2.35. The summed E-state index contributed by atoms with van der Waals surface area (Å²) in [5, 5.41) is 9.15. The standard InChI is InChI=1S/C10H11ClO2/c1-2-8-5-9(11)7-10(6-8)13-4-3-12/h2,5-7,12H,1,3-4H2. The maximum atomic E-state index is 8.55. The highest BCUT2D eigenvalue weighted by Crippen LogP contribution is 2.21. The molecule has 0 radical (unpaired) electrons. The maximum Gasteiger partial charge on any atom is 0.121 e. The zero-order chi connectivity index (χ0) is 9.68. The molecule has 70 valence electrons. The van der Waals surface area contributed by atoms with Gasteiger partial charge in [-0.15, -0.1) is 0 Å². The molecule has 1 N–H and O–H groups in total. The molecule has 3 heteroatoms.